The smallest absolute Gasteiger partial charge is 0.261 e. The van der Waals surface area contributed by atoms with Crippen molar-refractivity contribution in [1.82, 2.24) is 20.3 Å². The Hall–Kier alpha value is -2.84. The van der Waals surface area contributed by atoms with Crippen molar-refractivity contribution in [2.45, 2.75) is 32.9 Å². The molecule has 6 nitrogen and oxygen atoms in total. The molecular weight excluding hydrogens is 402 g/mol. The van der Waals surface area contributed by atoms with Gasteiger partial charge in [-0.05, 0) is 60.4 Å². The minimum Gasteiger partial charge on any atom is -0.364 e. The van der Waals surface area contributed by atoms with Crippen LogP contribution in [0.15, 0.2) is 47.5 Å². The molecule has 2 N–H and O–H groups in total. The Balaban J connectivity index is 1.53. The lowest BCUT2D eigenvalue weighted by Gasteiger charge is -2.12. The Morgan fingerprint density at radius 1 is 1.21 bits per heavy atom. The van der Waals surface area contributed by atoms with Crippen LogP contribution < -0.4 is 10.6 Å². The third-order valence-corrected chi connectivity index (χ3v) is 6.53. The Bertz CT molecular complexity index is 1110. The summed E-state index contributed by atoms with van der Waals surface area (Å²) in [5, 5.41) is 11.5. The molecule has 4 heterocycles. The first-order chi connectivity index (χ1) is 14.1. The van der Waals surface area contributed by atoms with E-state index >= 15 is 0 Å². The molecule has 0 fully saturated rings. The number of nitrogens with one attached hydrogen (secondary N) is 2. The lowest BCUT2D eigenvalue weighted by molar-refractivity contribution is 0.0944. The highest BCUT2D eigenvalue weighted by atomic mass is 32.1. The Labute approximate surface area is 177 Å². The van der Waals surface area contributed by atoms with Gasteiger partial charge >= 0.3 is 0 Å². The van der Waals surface area contributed by atoms with Crippen LogP contribution in [0.5, 0.6) is 0 Å². The quantitative estimate of drug-likeness (QED) is 0.460. The van der Waals surface area contributed by atoms with Crippen LogP contribution in [0.4, 0.5) is 5.82 Å². The summed E-state index contributed by atoms with van der Waals surface area (Å²) in [6.45, 7) is 4.53. The van der Waals surface area contributed by atoms with Gasteiger partial charge in [0.25, 0.3) is 5.91 Å². The SMILES string of the molecule is Cc1c(C(=O)N[C@@H](C)Cc2ccsc2)sc2ncnc(NCc3ccccn3)c12. The molecule has 4 aromatic heterocycles. The second-order valence-electron chi connectivity index (χ2n) is 6.84. The van der Waals surface area contributed by atoms with E-state index in [1.807, 2.05) is 32.0 Å². The number of pyridine rings is 1. The fourth-order valence-electron chi connectivity index (χ4n) is 3.20. The first-order valence-corrected chi connectivity index (χ1v) is 11.1. The van der Waals surface area contributed by atoms with Gasteiger partial charge in [0.05, 0.1) is 22.5 Å². The average molecular weight is 424 g/mol. The fraction of sp³-hybridized carbons (Fsp3) is 0.238. The summed E-state index contributed by atoms with van der Waals surface area (Å²) < 4.78 is 0. The van der Waals surface area contributed by atoms with E-state index in [4.69, 9.17) is 0 Å². The van der Waals surface area contributed by atoms with Crippen LogP contribution in [-0.2, 0) is 13.0 Å². The molecule has 0 radical (unpaired) electrons. The van der Waals surface area contributed by atoms with Gasteiger partial charge in [-0.2, -0.15) is 11.3 Å². The predicted molar refractivity (Wildman–Crippen MR) is 119 cm³/mol. The summed E-state index contributed by atoms with van der Waals surface area (Å²) in [4.78, 5) is 27.5. The summed E-state index contributed by atoms with van der Waals surface area (Å²) in [5.74, 6) is 0.656. The van der Waals surface area contributed by atoms with E-state index in [1.165, 1.54) is 23.2 Å². The van der Waals surface area contributed by atoms with Crippen LogP contribution in [0.25, 0.3) is 10.2 Å². The van der Waals surface area contributed by atoms with Crippen LogP contribution >= 0.6 is 22.7 Å². The van der Waals surface area contributed by atoms with Gasteiger partial charge in [0, 0.05) is 12.2 Å². The molecule has 0 spiro atoms. The maximum absolute atomic E-state index is 12.9. The van der Waals surface area contributed by atoms with E-state index in [0.29, 0.717) is 11.4 Å². The number of carbonyl (C=O) groups excluding carboxylic acids is 1. The lowest BCUT2D eigenvalue weighted by Crippen LogP contribution is -2.33. The maximum Gasteiger partial charge on any atom is 0.261 e. The van der Waals surface area contributed by atoms with Gasteiger partial charge in [-0.3, -0.25) is 9.78 Å². The number of hydrogen-bond acceptors (Lipinski definition) is 7. The standard InChI is InChI=1S/C21H21N5OS2/c1-13(9-15-6-8-28-11-15)26-20(27)18-14(2)17-19(24-12-25-21(17)29-18)23-10-16-5-3-4-7-22-16/h3-8,11-13H,9-10H2,1-2H3,(H,26,27)(H,23,24,25)/t13-/m0/s1. The molecule has 0 aliphatic carbocycles. The summed E-state index contributed by atoms with van der Waals surface area (Å²) in [6.07, 6.45) is 4.11. The Kier molecular flexibility index (Phi) is 5.82. The molecule has 0 unspecified atom stereocenters. The van der Waals surface area contributed by atoms with Crippen LogP contribution in [0, 0.1) is 6.92 Å². The number of anilines is 1. The zero-order chi connectivity index (χ0) is 20.2. The van der Waals surface area contributed by atoms with E-state index in [9.17, 15) is 4.79 Å². The lowest BCUT2D eigenvalue weighted by atomic mass is 10.1. The van der Waals surface area contributed by atoms with E-state index in [1.54, 1.807) is 17.5 Å². The largest absolute Gasteiger partial charge is 0.364 e. The molecule has 0 aliphatic rings. The molecule has 0 saturated carbocycles. The zero-order valence-electron chi connectivity index (χ0n) is 16.2. The maximum atomic E-state index is 12.9. The van der Waals surface area contributed by atoms with Crippen molar-refractivity contribution in [1.29, 1.82) is 0 Å². The number of rotatable bonds is 7. The van der Waals surface area contributed by atoms with Crippen molar-refractivity contribution in [3.8, 4) is 0 Å². The normalized spacial score (nSPS) is 12.1. The highest BCUT2D eigenvalue weighted by molar-refractivity contribution is 7.20. The minimum absolute atomic E-state index is 0.0505. The summed E-state index contributed by atoms with van der Waals surface area (Å²) in [7, 11) is 0. The van der Waals surface area contributed by atoms with E-state index in [2.05, 4.69) is 42.4 Å². The number of amides is 1. The van der Waals surface area contributed by atoms with Gasteiger partial charge in [-0.15, -0.1) is 11.3 Å². The first kappa shape index (κ1) is 19.5. The van der Waals surface area contributed by atoms with Crippen LogP contribution in [0.3, 0.4) is 0 Å². The van der Waals surface area contributed by atoms with Crippen molar-refractivity contribution >= 4 is 44.6 Å². The molecule has 148 valence electrons. The van der Waals surface area contributed by atoms with Gasteiger partial charge in [-0.25, -0.2) is 9.97 Å². The van der Waals surface area contributed by atoms with Gasteiger partial charge in [0.2, 0.25) is 0 Å². The number of aryl methyl sites for hydroxylation is 1. The molecule has 1 atom stereocenters. The number of fused-ring (bicyclic) bond motifs is 1. The molecule has 8 heteroatoms. The highest BCUT2D eigenvalue weighted by Crippen LogP contribution is 2.33. The minimum atomic E-state index is -0.0658. The number of carbonyl (C=O) groups is 1. The van der Waals surface area contributed by atoms with E-state index in [-0.39, 0.29) is 11.9 Å². The number of thiophene rings is 2. The van der Waals surface area contributed by atoms with Crippen molar-refractivity contribution in [3.05, 3.63) is 69.2 Å². The zero-order valence-corrected chi connectivity index (χ0v) is 17.8. The van der Waals surface area contributed by atoms with Crippen LogP contribution in [0.2, 0.25) is 0 Å². The fourth-order valence-corrected chi connectivity index (χ4v) is 4.94. The number of hydrogen-bond donors (Lipinski definition) is 2. The van der Waals surface area contributed by atoms with Gasteiger partial charge in [0.15, 0.2) is 0 Å². The molecular formula is C21H21N5OS2. The average Bonchev–Trinajstić information content (AvgIpc) is 3.35. The molecule has 0 bridgehead atoms. The molecule has 0 aliphatic heterocycles. The molecule has 4 aromatic rings. The van der Waals surface area contributed by atoms with Crippen molar-refractivity contribution in [2.24, 2.45) is 0 Å². The third kappa shape index (κ3) is 4.44. The van der Waals surface area contributed by atoms with Crippen LogP contribution in [0.1, 0.15) is 33.4 Å². The molecule has 29 heavy (non-hydrogen) atoms. The second kappa shape index (κ2) is 8.67. The van der Waals surface area contributed by atoms with Gasteiger partial charge in [-0.1, -0.05) is 6.07 Å². The number of aromatic nitrogens is 3. The predicted octanol–water partition coefficient (Wildman–Crippen LogP) is 4.43. The monoisotopic (exact) mass is 423 g/mol. The van der Waals surface area contributed by atoms with Gasteiger partial charge in [0.1, 0.15) is 17.0 Å². The van der Waals surface area contributed by atoms with Crippen molar-refractivity contribution in [2.75, 3.05) is 5.32 Å². The van der Waals surface area contributed by atoms with Crippen molar-refractivity contribution < 1.29 is 4.79 Å². The number of nitrogens with zero attached hydrogens (tertiary/aromatic N) is 3. The Morgan fingerprint density at radius 2 is 2.10 bits per heavy atom. The third-order valence-electron chi connectivity index (χ3n) is 4.60. The molecule has 0 aromatic carbocycles. The second-order valence-corrected chi connectivity index (χ2v) is 8.62. The van der Waals surface area contributed by atoms with E-state index < -0.39 is 0 Å². The van der Waals surface area contributed by atoms with Gasteiger partial charge < -0.3 is 10.6 Å². The topological polar surface area (TPSA) is 79.8 Å². The highest BCUT2D eigenvalue weighted by Gasteiger charge is 2.20. The summed E-state index contributed by atoms with van der Waals surface area (Å²) in [6, 6.07) is 7.94. The Morgan fingerprint density at radius 3 is 2.86 bits per heavy atom. The van der Waals surface area contributed by atoms with Crippen molar-refractivity contribution in [3.63, 3.8) is 0 Å². The summed E-state index contributed by atoms with van der Waals surface area (Å²) in [5.41, 5.74) is 3.06. The van der Waals surface area contributed by atoms with Crippen LogP contribution in [-0.4, -0.2) is 26.9 Å². The molecule has 4 rings (SSSR count). The van der Waals surface area contributed by atoms with E-state index in [0.717, 1.165) is 33.7 Å². The first-order valence-electron chi connectivity index (χ1n) is 9.31. The molecule has 0 saturated heterocycles. The summed E-state index contributed by atoms with van der Waals surface area (Å²) >= 11 is 3.07. The molecule has 1 amide bonds.